The Labute approximate surface area is 139 Å². The third-order valence-corrected chi connectivity index (χ3v) is 4.09. The number of furan rings is 1. The van der Waals surface area contributed by atoms with Gasteiger partial charge < -0.3 is 24.5 Å². The minimum Gasteiger partial charge on any atom is -0.459 e. The maximum absolute atomic E-state index is 12.6. The summed E-state index contributed by atoms with van der Waals surface area (Å²) in [6.07, 6.45) is 5.29. The highest BCUT2D eigenvalue weighted by Gasteiger charge is 2.30. The fraction of sp³-hybridized carbons (Fsp3) is 0.438. The van der Waals surface area contributed by atoms with E-state index in [9.17, 15) is 9.59 Å². The van der Waals surface area contributed by atoms with E-state index in [0.29, 0.717) is 13.1 Å². The Balaban J connectivity index is 1.56. The van der Waals surface area contributed by atoms with E-state index in [1.165, 1.54) is 6.26 Å². The predicted molar refractivity (Wildman–Crippen MR) is 86.2 cm³/mol. The molecule has 1 unspecified atom stereocenters. The number of hydrogen-bond acceptors (Lipinski definition) is 5. The first-order chi connectivity index (χ1) is 11.7. The lowest BCUT2D eigenvalue weighted by atomic mass is 10.1. The van der Waals surface area contributed by atoms with Crippen molar-refractivity contribution in [2.45, 2.75) is 12.5 Å². The molecular weight excluding hydrogens is 310 g/mol. The van der Waals surface area contributed by atoms with Crippen LogP contribution in [0, 0.1) is 0 Å². The van der Waals surface area contributed by atoms with Crippen LogP contribution in [0.5, 0.6) is 0 Å². The highest BCUT2D eigenvalue weighted by molar-refractivity contribution is 5.91. The maximum atomic E-state index is 12.6. The lowest BCUT2D eigenvalue weighted by Crippen LogP contribution is -2.50. The number of imidazole rings is 1. The number of amides is 2. The SMILES string of the molecule is Cn1ccnc1C1CNCCN1C(=O)CCNC(=O)c1ccco1. The topological polar surface area (TPSA) is 92.4 Å². The van der Waals surface area contributed by atoms with Gasteiger partial charge in [0.1, 0.15) is 11.9 Å². The number of carbonyl (C=O) groups excluding carboxylic acids is 2. The second-order valence-corrected chi connectivity index (χ2v) is 5.69. The zero-order valence-corrected chi connectivity index (χ0v) is 13.6. The smallest absolute Gasteiger partial charge is 0.286 e. The van der Waals surface area contributed by atoms with Crippen LogP contribution in [-0.2, 0) is 11.8 Å². The molecule has 0 bridgehead atoms. The number of nitrogens with zero attached hydrogens (tertiary/aromatic N) is 3. The largest absolute Gasteiger partial charge is 0.459 e. The lowest BCUT2D eigenvalue weighted by molar-refractivity contribution is -0.134. The molecule has 2 aromatic heterocycles. The van der Waals surface area contributed by atoms with Gasteiger partial charge in [0, 0.05) is 52.0 Å². The van der Waals surface area contributed by atoms with Crippen LogP contribution in [-0.4, -0.2) is 52.4 Å². The van der Waals surface area contributed by atoms with Gasteiger partial charge in [0.05, 0.1) is 6.26 Å². The van der Waals surface area contributed by atoms with Crippen LogP contribution in [0.4, 0.5) is 0 Å². The van der Waals surface area contributed by atoms with Crippen LogP contribution in [0.1, 0.15) is 28.8 Å². The second kappa shape index (κ2) is 7.31. The average molecular weight is 331 g/mol. The molecular formula is C16H21N5O3. The van der Waals surface area contributed by atoms with Gasteiger partial charge in [0.15, 0.2) is 5.76 Å². The van der Waals surface area contributed by atoms with Crippen molar-refractivity contribution < 1.29 is 14.0 Å². The van der Waals surface area contributed by atoms with Crippen LogP contribution >= 0.6 is 0 Å². The Morgan fingerprint density at radius 3 is 3.08 bits per heavy atom. The highest BCUT2D eigenvalue weighted by atomic mass is 16.3. The molecule has 0 spiro atoms. The molecule has 1 aliphatic heterocycles. The van der Waals surface area contributed by atoms with Crippen molar-refractivity contribution in [1.29, 1.82) is 0 Å². The van der Waals surface area contributed by atoms with Gasteiger partial charge in [-0.25, -0.2) is 4.98 Å². The van der Waals surface area contributed by atoms with Gasteiger partial charge in [0.2, 0.25) is 5.91 Å². The minimum absolute atomic E-state index is 0.00393. The van der Waals surface area contributed by atoms with Gasteiger partial charge in [-0.05, 0) is 12.1 Å². The monoisotopic (exact) mass is 331 g/mol. The van der Waals surface area contributed by atoms with Crippen molar-refractivity contribution in [2.24, 2.45) is 7.05 Å². The van der Waals surface area contributed by atoms with E-state index in [2.05, 4.69) is 15.6 Å². The van der Waals surface area contributed by atoms with Gasteiger partial charge in [-0.15, -0.1) is 0 Å². The van der Waals surface area contributed by atoms with Crippen molar-refractivity contribution in [3.63, 3.8) is 0 Å². The molecule has 1 atom stereocenters. The fourth-order valence-electron chi connectivity index (χ4n) is 2.85. The van der Waals surface area contributed by atoms with Crippen LogP contribution in [0.3, 0.4) is 0 Å². The number of aryl methyl sites for hydroxylation is 1. The molecule has 8 heteroatoms. The van der Waals surface area contributed by atoms with Gasteiger partial charge in [-0.3, -0.25) is 9.59 Å². The molecule has 2 aromatic rings. The molecule has 2 amide bonds. The molecule has 24 heavy (non-hydrogen) atoms. The molecule has 128 valence electrons. The molecule has 0 saturated carbocycles. The summed E-state index contributed by atoms with van der Waals surface area (Å²) in [4.78, 5) is 30.6. The second-order valence-electron chi connectivity index (χ2n) is 5.69. The van der Waals surface area contributed by atoms with Gasteiger partial charge in [-0.1, -0.05) is 0 Å². The first kappa shape index (κ1) is 16.3. The Morgan fingerprint density at radius 2 is 2.38 bits per heavy atom. The molecule has 3 heterocycles. The number of nitrogens with one attached hydrogen (secondary N) is 2. The summed E-state index contributed by atoms with van der Waals surface area (Å²) in [7, 11) is 1.92. The Kier molecular flexibility index (Phi) is 4.95. The fourth-order valence-corrected chi connectivity index (χ4v) is 2.85. The lowest BCUT2D eigenvalue weighted by Gasteiger charge is -2.35. The van der Waals surface area contributed by atoms with Gasteiger partial charge >= 0.3 is 0 Å². The summed E-state index contributed by atoms with van der Waals surface area (Å²) in [5, 5.41) is 6.00. The Morgan fingerprint density at radius 1 is 1.50 bits per heavy atom. The first-order valence-corrected chi connectivity index (χ1v) is 7.96. The first-order valence-electron chi connectivity index (χ1n) is 7.96. The Bertz CT molecular complexity index is 694. The molecule has 2 N–H and O–H groups in total. The highest BCUT2D eigenvalue weighted by Crippen LogP contribution is 2.21. The van der Waals surface area contributed by atoms with E-state index >= 15 is 0 Å². The van der Waals surface area contributed by atoms with E-state index in [-0.39, 0.29) is 36.6 Å². The molecule has 3 rings (SSSR count). The van der Waals surface area contributed by atoms with Crippen molar-refractivity contribution in [2.75, 3.05) is 26.2 Å². The molecule has 0 aromatic carbocycles. The Hall–Kier alpha value is -2.61. The average Bonchev–Trinajstić information content (AvgIpc) is 3.26. The number of piperazine rings is 1. The summed E-state index contributed by atoms with van der Waals surface area (Å²) in [6, 6.07) is 3.15. The van der Waals surface area contributed by atoms with E-state index < -0.39 is 0 Å². The number of carbonyl (C=O) groups is 2. The molecule has 0 radical (unpaired) electrons. The number of hydrogen-bond donors (Lipinski definition) is 2. The van der Waals surface area contributed by atoms with Crippen LogP contribution < -0.4 is 10.6 Å². The van der Waals surface area contributed by atoms with Crippen LogP contribution in [0.2, 0.25) is 0 Å². The van der Waals surface area contributed by atoms with E-state index in [0.717, 1.165) is 12.4 Å². The molecule has 0 aliphatic carbocycles. The van der Waals surface area contributed by atoms with E-state index in [1.54, 1.807) is 18.3 Å². The zero-order chi connectivity index (χ0) is 16.9. The van der Waals surface area contributed by atoms with Crippen LogP contribution in [0.25, 0.3) is 0 Å². The number of aromatic nitrogens is 2. The quantitative estimate of drug-likeness (QED) is 0.822. The molecule has 1 fully saturated rings. The molecule has 1 aliphatic rings. The summed E-state index contributed by atoms with van der Waals surface area (Å²) in [5.41, 5.74) is 0. The molecule has 8 nitrogen and oxygen atoms in total. The zero-order valence-electron chi connectivity index (χ0n) is 13.6. The van der Waals surface area contributed by atoms with E-state index in [1.807, 2.05) is 22.7 Å². The van der Waals surface area contributed by atoms with Crippen molar-refractivity contribution in [1.82, 2.24) is 25.1 Å². The third kappa shape index (κ3) is 3.48. The van der Waals surface area contributed by atoms with Crippen molar-refractivity contribution >= 4 is 11.8 Å². The normalized spacial score (nSPS) is 17.7. The van der Waals surface area contributed by atoms with Gasteiger partial charge in [0.25, 0.3) is 5.91 Å². The summed E-state index contributed by atoms with van der Waals surface area (Å²) in [5.74, 6) is 0.795. The standard InChI is InChI=1S/C16H21N5O3/c1-20-8-7-18-15(20)12-11-17-6-9-21(12)14(22)4-5-19-16(23)13-3-2-10-24-13/h2-3,7-8,10,12,17H,4-6,9,11H2,1H3,(H,19,23). The number of rotatable bonds is 5. The van der Waals surface area contributed by atoms with Gasteiger partial charge in [-0.2, -0.15) is 0 Å². The van der Waals surface area contributed by atoms with E-state index in [4.69, 9.17) is 4.42 Å². The predicted octanol–water partition coefficient (Wildman–Crippen LogP) is 0.306. The van der Waals surface area contributed by atoms with Crippen LogP contribution in [0.15, 0.2) is 35.2 Å². The van der Waals surface area contributed by atoms with Crippen molar-refractivity contribution in [3.05, 3.63) is 42.4 Å². The maximum Gasteiger partial charge on any atom is 0.286 e. The third-order valence-electron chi connectivity index (χ3n) is 4.09. The van der Waals surface area contributed by atoms with Crippen molar-refractivity contribution in [3.8, 4) is 0 Å². The molecule has 1 saturated heterocycles. The summed E-state index contributed by atoms with van der Waals surface area (Å²) in [6.45, 7) is 2.33. The summed E-state index contributed by atoms with van der Waals surface area (Å²) >= 11 is 0. The minimum atomic E-state index is -0.311. The summed E-state index contributed by atoms with van der Waals surface area (Å²) < 4.78 is 6.95.